The van der Waals surface area contributed by atoms with E-state index in [1.165, 1.54) is 6.20 Å². The van der Waals surface area contributed by atoms with Gasteiger partial charge < -0.3 is 10.6 Å². The predicted octanol–water partition coefficient (Wildman–Crippen LogP) is 5.25. The van der Waals surface area contributed by atoms with Gasteiger partial charge in [0, 0.05) is 44.8 Å². The second-order valence-corrected chi connectivity index (χ2v) is 11.3. The molecule has 2 aliphatic carbocycles. The van der Waals surface area contributed by atoms with Crippen molar-refractivity contribution in [1.29, 1.82) is 0 Å². The molecule has 2 amide bonds. The first-order valence-electron chi connectivity index (χ1n) is 14.2. The van der Waals surface area contributed by atoms with Crippen LogP contribution in [-0.4, -0.2) is 48.0 Å². The fraction of sp³-hybridized carbons (Fsp3) is 0.607. The molecular formula is C28H35F4N7O2. The lowest BCUT2D eigenvalue weighted by Gasteiger charge is -2.34. The van der Waals surface area contributed by atoms with E-state index in [2.05, 4.69) is 20.8 Å². The summed E-state index contributed by atoms with van der Waals surface area (Å²) in [6, 6.07) is 2.39. The predicted molar refractivity (Wildman–Crippen MR) is 141 cm³/mol. The number of carbonyl (C=O) groups is 2. The van der Waals surface area contributed by atoms with Crippen LogP contribution in [0.4, 0.5) is 17.6 Å². The third-order valence-electron chi connectivity index (χ3n) is 8.24. The molecular weight excluding hydrogens is 542 g/mol. The Morgan fingerprint density at radius 3 is 2.46 bits per heavy atom. The minimum atomic E-state index is -2.72. The van der Waals surface area contributed by atoms with Crippen molar-refractivity contribution in [2.75, 3.05) is 0 Å². The molecule has 0 saturated heterocycles. The Bertz CT molecular complexity index is 1390. The standard InChI is InChI=1S/C28H35F4N7O2/c1-3-20(36-24(40)11-17-13-28(31,32)14-17)19-12-23-35-21(16-39(23)34-15-19)25(18-5-8-27(29,30)9-6-18)37-26(41)22-7-10-33-38(22)4-2/h7,10,12,15-18,20,25H,3-6,8-9,11,13-14H2,1-2H3,(H,36,40)(H,37,41)/t20-,25-/m0/s1. The second-order valence-electron chi connectivity index (χ2n) is 11.3. The minimum absolute atomic E-state index is 0.0496. The van der Waals surface area contributed by atoms with Gasteiger partial charge in [-0.15, -0.1) is 0 Å². The Morgan fingerprint density at radius 1 is 1.07 bits per heavy atom. The molecule has 9 nitrogen and oxygen atoms in total. The van der Waals surface area contributed by atoms with Crippen molar-refractivity contribution < 1.29 is 27.2 Å². The molecule has 3 aromatic rings. The first kappa shape index (κ1) is 29.0. The van der Waals surface area contributed by atoms with Crippen LogP contribution in [-0.2, 0) is 11.3 Å². The SMILES string of the molecule is CC[C@H](NC(=O)CC1CC(F)(F)C1)c1cnn2cc([C@@H](NC(=O)c3ccnn3CC)C3CCC(F)(F)CC3)nc2c1. The zero-order valence-corrected chi connectivity index (χ0v) is 23.1. The van der Waals surface area contributed by atoms with E-state index in [1.54, 1.807) is 33.7 Å². The Labute approximate surface area is 235 Å². The first-order valence-corrected chi connectivity index (χ1v) is 14.2. The van der Waals surface area contributed by atoms with Crippen LogP contribution in [0.2, 0.25) is 0 Å². The number of hydrogen-bond donors (Lipinski definition) is 2. The third-order valence-corrected chi connectivity index (χ3v) is 8.24. The zero-order chi connectivity index (χ0) is 29.4. The van der Waals surface area contributed by atoms with Crippen molar-refractivity contribution in [2.24, 2.45) is 11.8 Å². The zero-order valence-electron chi connectivity index (χ0n) is 23.1. The van der Waals surface area contributed by atoms with Gasteiger partial charge in [-0.2, -0.15) is 10.2 Å². The number of rotatable bonds is 10. The first-order chi connectivity index (χ1) is 19.5. The molecule has 2 fully saturated rings. The van der Waals surface area contributed by atoms with Crippen LogP contribution >= 0.6 is 0 Å². The molecule has 5 rings (SSSR count). The molecule has 0 aliphatic heterocycles. The number of amides is 2. The highest BCUT2D eigenvalue weighted by Gasteiger charge is 2.46. The van der Waals surface area contributed by atoms with Crippen molar-refractivity contribution in [2.45, 2.75) is 95.7 Å². The quantitative estimate of drug-likeness (QED) is 0.321. The monoisotopic (exact) mass is 577 g/mol. The molecule has 13 heteroatoms. The van der Waals surface area contributed by atoms with E-state index in [0.29, 0.717) is 35.6 Å². The maximum absolute atomic E-state index is 14.0. The number of fused-ring (bicyclic) bond motifs is 1. The van der Waals surface area contributed by atoms with Gasteiger partial charge in [-0.3, -0.25) is 14.3 Å². The largest absolute Gasteiger partial charge is 0.349 e. The molecule has 0 aromatic carbocycles. The summed E-state index contributed by atoms with van der Waals surface area (Å²) in [4.78, 5) is 30.5. The molecule has 222 valence electrons. The summed E-state index contributed by atoms with van der Waals surface area (Å²) < 4.78 is 57.4. The lowest BCUT2D eigenvalue weighted by Crippen LogP contribution is -2.39. The van der Waals surface area contributed by atoms with E-state index in [-0.39, 0.29) is 74.6 Å². The van der Waals surface area contributed by atoms with Gasteiger partial charge in [-0.1, -0.05) is 6.92 Å². The van der Waals surface area contributed by atoms with Crippen LogP contribution in [0.15, 0.2) is 30.7 Å². The number of aryl methyl sites for hydroxylation is 1. The van der Waals surface area contributed by atoms with Crippen LogP contribution in [0.5, 0.6) is 0 Å². The summed E-state index contributed by atoms with van der Waals surface area (Å²) in [7, 11) is 0. The van der Waals surface area contributed by atoms with E-state index < -0.39 is 17.9 Å². The highest BCUT2D eigenvalue weighted by atomic mass is 19.3. The number of carbonyl (C=O) groups excluding carboxylic acids is 2. The minimum Gasteiger partial charge on any atom is -0.349 e. The van der Waals surface area contributed by atoms with Crippen LogP contribution in [0.25, 0.3) is 5.65 Å². The van der Waals surface area contributed by atoms with E-state index >= 15 is 0 Å². The summed E-state index contributed by atoms with van der Waals surface area (Å²) in [6.45, 7) is 4.27. The maximum Gasteiger partial charge on any atom is 0.270 e. The summed E-state index contributed by atoms with van der Waals surface area (Å²) in [6.07, 6.45) is 4.84. The highest BCUT2D eigenvalue weighted by molar-refractivity contribution is 5.92. The smallest absolute Gasteiger partial charge is 0.270 e. The second kappa shape index (κ2) is 11.4. The van der Waals surface area contributed by atoms with E-state index in [4.69, 9.17) is 4.98 Å². The number of nitrogens with zero attached hydrogens (tertiary/aromatic N) is 5. The lowest BCUT2D eigenvalue weighted by molar-refractivity contribution is -0.134. The van der Waals surface area contributed by atoms with Gasteiger partial charge in [0.05, 0.1) is 30.2 Å². The summed E-state index contributed by atoms with van der Waals surface area (Å²) >= 11 is 0. The molecule has 0 unspecified atom stereocenters. The van der Waals surface area contributed by atoms with E-state index in [0.717, 1.165) is 0 Å². The number of imidazole rings is 1. The van der Waals surface area contributed by atoms with E-state index in [9.17, 15) is 27.2 Å². The van der Waals surface area contributed by atoms with Crippen LogP contribution in [0, 0.1) is 11.8 Å². The molecule has 2 atom stereocenters. The Kier molecular flexibility index (Phi) is 8.06. The van der Waals surface area contributed by atoms with Crippen LogP contribution in [0.3, 0.4) is 0 Å². The van der Waals surface area contributed by atoms with Crippen LogP contribution in [0.1, 0.15) is 99.0 Å². The fourth-order valence-corrected chi connectivity index (χ4v) is 5.94. The summed E-state index contributed by atoms with van der Waals surface area (Å²) in [5.41, 5.74) is 2.05. The van der Waals surface area contributed by atoms with Crippen LogP contribution < -0.4 is 10.6 Å². The van der Waals surface area contributed by atoms with Crippen molar-refractivity contribution in [3.63, 3.8) is 0 Å². The normalized spacial score (nSPS) is 20.3. The molecule has 3 heterocycles. The average Bonchev–Trinajstić information content (AvgIpc) is 3.56. The van der Waals surface area contributed by atoms with Gasteiger partial charge in [-0.05, 0) is 55.7 Å². The van der Waals surface area contributed by atoms with Gasteiger partial charge in [0.25, 0.3) is 5.91 Å². The van der Waals surface area contributed by atoms with Gasteiger partial charge in [0.1, 0.15) is 5.69 Å². The van der Waals surface area contributed by atoms with Crippen molar-refractivity contribution in [3.05, 3.63) is 47.7 Å². The number of nitrogens with one attached hydrogen (secondary N) is 2. The number of hydrogen-bond acceptors (Lipinski definition) is 5. The Balaban J connectivity index is 1.36. The number of aromatic nitrogens is 5. The number of halogens is 4. The highest BCUT2D eigenvalue weighted by Crippen LogP contribution is 2.44. The maximum atomic E-state index is 14.0. The van der Waals surface area contributed by atoms with Gasteiger partial charge in [0.2, 0.25) is 17.8 Å². The molecule has 3 aromatic heterocycles. The fourth-order valence-electron chi connectivity index (χ4n) is 5.94. The molecule has 0 bridgehead atoms. The molecule has 2 saturated carbocycles. The molecule has 2 N–H and O–H groups in total. The summed E-state index contributed by atoms with van der Waals surface area (Å²) in [5, 5.41) is 14.5. The van der Waals surface area contributed by atoms with Crippen molar-refractivity contribution in [3.8, 4) is 0 Å². The molecule has 2 aliphatic rings. The third kappa shape index (κ3) is 6.54. The van der Waals surface area contributed by atoms with Gasteiger partial charge in [0.15, 0.2) is 5.65 Å². The molecule has 0 spiro atoms. The summed E-state index contributed by atoms with van der Waals surface area (Å²) in [5.74, 6) is -6.61. The Morgan fingerprint density at radius 2 is 1.80 bits per heavy atom. The van der Waals surface area contributed by atoms with Gasteiger partial charge in [-0.25, -0.2) is 27.1 Å². The van der Waals surface area contributed by atoms with E-state index in [1.807, 2.05) is 13.8 Å². The topological polar surface area (TPSA) is 106 Å². The Hall–Kier alpha value is -3.51. The molecule has 41 heavy (non-hydrogen) atoms. The molecule has 0 radical (unpaired) electrons. The van der Waals surface area contributed by atoms with Crippen molar-refractivity contribution >= 4 is 17.5 Å². The number of alkyl halides is 4. The average molecular weight is 578 g/mol. The van der Waals surface area contributed by atoms with Crippen molar-refractivity contribution in [1.82, 2.24) is 35.0 Å². The lowest BCUT2D eigenvalue weighted by atomic mass is 9.79. The van der Waals surface area contributed by atoms with Gasteiger partial charge >= 0.3 is 0 Å².